The van der Waals surface area contributed by atoms with E-state index in [2.05, 4.69) is 178 Å². The van der Waals surface area contributed by atoms with Crippen molar-refractivity contribution >= 4 is 43.5 Å². The first-order valence-corrected chi connectivity index (χ1v) is 18.6. The Morgan fingerprint density at radius 2 is 1.13 bits per heavy atom. The highest BCUT2D eigenvalue weighted by molar-refractivity contribution is 6.19. The highest BCUT2D eigenvalue weighted by atomic mass is 16.3. The standard InChI is InChI=1S/C51H34N2O/c1-51(2)42-23-11-22-39(47(42)41-28-33-16-6-7-17-34(33)29-43(41)51)45-30-44(52-50(53-45)32-14-4-3-5-15-32)36-19-10-18-35(27-36)37-21-12-24-46-48(37)40-26-25-31-13-8-9-20-38(31)49(40)54-46/h3-30H,1-2H3. The second-order valence-electron chi connectivity index (χ2n) is 15.0. The van der Waals surface area contributed by atoms with Gasteiger partial charge in [-0.25, -0.2) is 9.97 Å². The van der Waals surface area contributed by atoms with Crippen molar-refractivity contribution in [1.82, 2.24) is 9.97 Å². The molecule has 0 bridgehead atoms. The Hall–Kier alpha value is -6.84. The van der Waals surface area contributed by atoms with Gasteiger partial charge in [0.1, 0.15) is 11.2 Å². The molecular formula is C51H34N2O. The summed E-state index contributed by atoms with van der Waals surface area (Å²) < 4.78 is 6.55. The van der Waals surface area contributed by atoms with E-state index in [0.29, 0.717) is 5.82 Å². The van der Waals surface area contributed by atoms with Crippen LogP contribution in [0.1, 0.15) is 25.0 Å². The van der Waals surface area contributed by atoms with Gasteiger partial charge in [-0.05, 0) is 85.9 Å². The lowest BCUT2D eigenvalue weighted by molar-refractivity contribution is 0.661. The molecule has 0 atom stereocenters. The van der Waals surface area contributed by atoms with Crippen LogP contribution in [0.5, 0.6) is 0 Å². The highest BCUT2D eigenvalue weighted by Crippen LogP contribution is 2.53. The zero-order valence-electron chi connectivity index (χ0n) is 30.0. The molecule has 8 aromatic carbocycles. The maximum atomic E-state index is 6.55. The minimum atomic E-state index is -0.151. The number of nitrogens with zero attached hydrogens (tertiary/aromatic N) is 2. The normalized spacial score (nSPS) is 13.1. The Bertz CT molecular complexity index is 3130. The van der Waals surface area contributed by atoms with Gasteiger partial charge in [-0.1, -0.05) is 147 Å². The first kappa shape index (κ1) is 30.8. The predicted octanol–water partition coefficient (Wildman–Crippen LogP) is 13.7. The molecule has 0 N–H and O–H groups in total. The van der Waals surface area contributed by atoms with Crippen LogP contribution < -0.4 is 0 Å². The van der Waals surface area contributed by atoms with Crippen LogP contribution in [0.15, 0.2) is 174 Å². The van der Waals surface area contributed by atoms with E-state index < -0.39 is 0 Å². The Balaban J connectivity index is 1.11. The lowest BCUT2D eigenvalue weighted by Crippen LogP contribution is -2.14. The molecular weight excluding hydrogens is 657 g/mol. The van der Waals surface area contributed by atoms with E-state index in [9.17, 15) is 0 Å². The van der Waals surface area contributed by atoms with E-state index in [1.54, 1.807) is 0 Å². The van der Waals surface area contributed by atoms with Crippen LogP contribution in [-0.2, 0) is 5.41 Å². The molecule has 0 radical (unpaired) electrons. The molecule has 1 aliphatic rings. The van der Waals surface area contributed by atoms with Gasteiger partial charge in [0.15, 0.2) is 5.82 Å². The van der Waals surface area contributed by atoms with Crippen molar-refractivity contribution in [3.05, 3.63) is 181 Å². The summed E-state index contributed by atoms with van der Waals surface area (Å²) in [7, 11) is 0. The SMILES string of the molecule is CC1(C)c2cc3ccccc3cc2-c2c(-c3cc(-c4cccc(-c5cccc6oc7c8ccccc8ccc7c56)c4)nc(-c4ccccc4)n3)cccc21. The summed E-state index contributed by atoms with van der Waals surface area (Å²) in [6.45, 7) is 4.68. The average molecular weight is 691 g/mol. The molecule has 254 valence electrons. The lowest BCUT2D eigenvalue weighted by atomic mass is 9.81. The van der Waals surface area contributed by atoms with Crippen molar-refractivity contribution in [3.63, 3.8) is 0 Å². The summed E-state index contributed by atoms with van der Waals surface area (Å²) in [5, 5.41) is 7.05. The maximum Gasteiger partial charge on any atom is 0.160 e. The Kier molecular flexibility index (Phi) is 6.60. The van der Waals surface area contributed by atoms with E-state index >= 15 is 0 Å². The van der Waals surface area contributed by atoms with Gasteiger partial charge in [-0.2, -0.15) is 0 Å². The van der Waals surface area contributed by atoms with Crippen LogP contribution in [0, 0.1) is 0 Å². The van der Waals surface area contributed by atoms with Gasteiger partial charge in [0.2, 0.25) is 0 Å². The molecule has 0 spiro atoms. The fraction of sp³-hybridized carbons (Fsp3) is 0.0588. The molecule has 0 fully saturated rings. The third kappa shape index (κ3) is 4.61. The minimum absolute atomic E-state index is 0.151. The van der Waals surface area contributed by atoms with Gasteiger partial charge in [-0.3, -0.25) is 0 Å². The average Bonchev–Trinajstić information content (AvgIpc) is 3.72. The van der Waals surface area contributed by atoms with Gasteiger partial charge in [-0.15, -0.1) is 0 Å². The lowest BCUT2D eigenvalue weighted by Gasteiger charge is -2.22. The molecule has 54 heavy (non-hydrogen) atoms. The Labute approximate surface area is 313 Å². The molecule has 2 heterocycles. The van der Waals surface area contributed by atoms with Crippen LogP contribution in [0.3, 0.4) is 0 Å². The van der Waals surface area contributed by atoms with Crippen molar-refractivity contribution in [2.45, 2.75) is 19.3 Å². The van der Waals surface area contributed by atoms with Gasteiger partial charge >= 0.3 is 0 Å². The van der Waals surface area contributed by atoms with Crippen molar-refractivity contribution in [3.8, 4) is 56.2 Å². The monoisotopic (exact) mass is 690 g/mol. The zero-order chi connectivity index (χ0) is 36.0. The number of hydrogen-bond donors (Lipinski definition) is 0. The first-order valence-electron chi connectivity index (χ1n) is 18.6. The summed E-state index contributed by atoms with van der Waals surface area (Å²) in [5.41, 5.74) is 14.0. The van der Waals surface area contributed by atoms with Crippen molar-refractivity contribution in [2.24, 2.45) is 0 Å². The quantitative estimate of drug-likeness (QED) is 0.184. The smallest absolute Gasteiger partial charge is 0.160 e. The molecule has 0 amide bonds. The molecule has 11 rings (SSSR count). The molecule has 3 heteroatoms. The molecule has 10 aromatic rings. The van der Waals surface area contributed by atoms with Crippen molar-refractivity contribution < 1.29 is 4.42 Å². The second kappa shape index (κ2) is 11.6. The third-order valence-electron chi connectivity index (χ3n) is 11.5. The molecule has 0 saturated heterocycles. The van der Waals surface area contributed by atoms with Gasteiger partial charge in [0, 0.05) is 38.3 Å². The summed E-state index contributed by atoms with van der Waals surface area (Å²) in [4.78, 5) is 10.6. The van der Waals surface area contributed by atoms with Crippen LogP contribution in [0.25, 0.3) is 99.6 Å². The molecule has 0 saturated carbocycles. The first-order chi connectivity index (χ1) is 26.5. The van der Waals surface area contributed by atoms with Crippen LogP contribution in [0.4, 0.5) is 0 Å². The van der Waals surface area contributed by atoms with Gasteiger partial charge in [0.25, 0.3) is 0 Å². The maximum absolute atomic E-state index is 6.55. The summed E-state index contributed by atoms with van der Waals surface area (Å²) in [6, 6.07) is 60.5. The van der Waals surface area contributed by atoms with Gasteiger partial charge < -0.3 is 4.42 Å². The highest BCUT2D eigenvalue weighted by Gasteiger charge is 2.37. The molecule has 0 aliphatic heterocycles. The van der Waals surface area contributed by atoms with Crippen LogP contribution >= 0.6 is 0 Å². The summed E-state index contributed by atoms with van der Waals surface area (Å²) in [6.07, 6.45) is 0. The number of aromatic nitrogens is 2. The summed E-state index contributed by atoms with van der Waals surface area (Å²) in [5.74, 6) is 0.705. The zero-order valence-corrected chi connectivity index (χ0v) is 30.0. The van der Waals surface area contributed by atoms with Crippen LogP contribution in [-0.4, -0.2) is 9.97 Å². The van der Waals surface area contributed by atoms with Crippen molar-refractivity contribution in [2.75, 3.05) is 0 Å². The molecule has 1 aliphatic carbocycles. The fourth-order valence-electron chi connectivity index (χ4n) is 8.78. The van der Waals surface area contributed by atoms with Crippen LogP contribution in [0.2, 0.25) is 0 Å². The Morgan fingerprint density at radius 3 is 2.00 bits per heavy atom. The number of fused-ring (bicyclic) bond motifs is 9. The third-order valence-corrected chi connectivity index (χ3v) is 11.5. The Morgan fingerprint density at radius 1 is 0.444 bits per heavy atom. The van der Waals surface area contributed by atoms with E-state index in [1.165, 1.54) is 38.4 Å². The topological polar surface area (TPSA) is 38.9 Å². The predicted molar refractivity (Wildman–Crippen MR) is 224 cm³/mol. The van der Waals surface area contributed by atoms with Crippen molar-refractivity contribution in [1.29, 1.82) is 0 Å². The van der Waals surface area contributed by atoms with E-state index in [1.807, 2.05) is 6.07 Å². The number of benzene rings is 8. The number of furan rings is 1. The number of rotatable bonds is 4. The number of hydrogen-bond acceptors (Lipinski definition) is 3. The second-order valence-corrected chi connectivity index (χ2v) is 15.0. The minimum Gasteiger partial charge on any atom is -0.455 e. The van der Waals surface area contributed by atoms with E-state index in [0.717, 1.165) is 66.5 Å². The van der Waals surface area contributed by atoms with E-state index in [4.69, 9.17) is 14.4 Å². The fourth-order valence-corrected chi connectivity index (χ4v) is 8.78. The molecule has 0 unspecified atom stereocenters. The summed E-state index contributed by atoms with van der Waals surface area (Å²) >= 11 is 0. The van der Waals surface area contributed by atoms with Gasteiger partial charge in [0.05, 0.1) is 11.4 Å². The molecule has 2 aromatic heterocycles. The molecule has 3 nitrogen and oxygen atoms in total. The largest absolute Gasteiger partial charge is 0.455 e. The van der Waals surface area contributed by atoms with E-state index in [-0.39, 0.29) is 5.41 Å².